The van der Waals surface area contributed by atoms with Crippen molar-refractivity contribution in [2.75, 3.05) is 31.1 Å². The molecule has 3 rings (SSSR count). The molecule has 0 saturated carbocycles. The molecule has 4 amide bonds. The topological polar surface area (TPSA) is 113 Å². The quantitative estimate of drug-likeness (QED) is 0.715. The van der Waals surface area contributed by atoms with E-state index in [0.717, 1.165) is 0 Å². The Labute approximate surface area is 168 Å². The Kier molecular flexibility index (Phi) is 6.46. The lowest BCUT2D eigenvalue weighted by Crippen LogP contribution is -2.43. The number of halogens is 1. The third-order valence-electron chi connectivity index (χ3n) is 5.52. The number of benzene rings is 1. The van der Waals surface area contributed by atoms with Gasteiger partial charge in [0.25, 0.3) is 0 Å². The van der Waals surface area contributed by atoms with Gasteiger partial charge in [-0.2, -0.15) is 0 Å². The number of amides is 4. The molecule has 2 heterocycles. The SMILES string of the molecule is NC(=O)C1CCN(C(=O)CCNC(=O)[C@H]2CC(=O)N(c3ccc(F)cc3)C2)CC1. The first-order valence-electron chi connectivity index (χ1n) is 9.76. The van der Waals surface area contributed by atoms with Gasteiger partial charge in [0, 0.05) is 50.6 Å². The highest BCUT2D eigenvalue weighted by atomic mass is 19.1. The molecule has 0 spiro atoms. The van der Waals surface area contributed by atoms with Crippen molar-refractivity contribution >= 4 is 29.3 Å². The number of piperidine rings is 1. The van der Waals surface area contributed by atoms with E-state index in [1.54, 1.807) is 4.90 Å². The summed E-state index contributed by atoms with van der Waals surface area (Å²) in [5.41, 5.74) is 5.85. The van der Waals surface area contributed by atoms with Crippen molar-refractivity contribution < 1.29 is 23.6 Å². The number of likely N-dealkylation sites (tertiary alicyclic amines) is 1. The number of hydrogen-bond donors (Lipinski definition) is 2. The minimum Gasteiger partial charge on any atom is -0.369 e. The first-order valence-corrected chi connectivity index (χ1v) is 9.76. The zero-order chi connectivity index (χ0) is 21.0. The van der Waals surface area contributed by atoms with Gasteiger partial charge in [-0.1, -0.05) is 0 Å². The molecule has 0 radical (unpaired) electrons. The highest BCUT2D eigenvalue weighted by molar-refractivity contribution is 6.00. The second kappa shape index (κ2) is 9.02. The van der Waals surface area contributed by atoms with Crippen molar-refractivity contribution in [1.29, 1.82) is 0 Å². The molecule has 8 nitrogen and oxygen atoms in total. The van der Waals surface area contributed by atoms with Crippen LogP contribution in [0.3, 0.4) is 0 Å². The highest BCUT2D eigenvalue weighted by Crippen LogP contribution is 2.25. The first-order chi connectivity index (χ1) is 13.8. The lowest BCUT2D eigenvalue weighted by atomic mass is 9.96. The number of rotatable bonds is 6. The molecule has 2 saturated heterocycles. The van der Waals surface area contributed by atoms with Gasteiger partial charge in [0.1, 0.15) is 5.82 Å². The number of carbonyl (C=O) groups is 4. The molecular weight excluding hydrogens is 379 g/mol. The van der Waals surface area contributed by atoms with Gasteiger partial charge in [-0.05, 0) is 37.1 Å². The van der Waals surface area contributed by atoms with Crippen LogP contribution in [0.1, 0.15) is 25.7 Å². The standard InChI is InChI=1S/C20H25FN4O4/c21-15-1-3-16(4-2-15)25-12-14(11-18(25)27)20(29)23-8-5-17(26)24-9-6-13(7-10-24)19(22)28/h1-4,13-14H,5-12H2,(H2,22,28)(H,23,29)/t14-/m0/s1. The van der Waals surface area contributed by atoms with Crippen molar-refractivity contribution in [3.05, 3.63) is 30.1 Å². The Bertz CT molecular complexity index is 790. The number of primary amides is 1. The van der Waals surface area contributed by atoms with Crippen LogP contribution in [0.4, 0.5) is 10.1 Å². The van der Waals surface area contributed by atoms with E-state index in [1.807, 2.05) is 0 Å². The second-order valence-corrected chi connectivity index (χ2v) is 7.48. The number of nitrogens with zero attached hydrogens (tertiary/aromatic N) is 2. The fourth-order valence-electron chi connectivity index (χ4n) is 3.76. The van der Waals surface area contributed by atoms with E-state index in [9.17, 15) is 23.6 Å². The Morgan fingerprint density at radius 1 is 1.10 bits per heavy atom. The number of nitrogens with two attached hydrogens (primary N) is 1. The summed E-state index contributed by atoms with van der Waals surface area (Å²) in [5.74, 6) is -1.95. The second-order valence-electron chi connectivity index (χ2n) is 7.48. The fraction of sp³-hybridized carbons (Fsp3) is 0.500. The largest absolute Gasteiger partial charge is 0.369 e. The average Bonchev–Trinajstić information content (AvgIpc) is 3.10. The highest BCUT2D eigenvalue weighted by Gasteiger charge is 2.35. The molecule has 156 valence electrons. The number of carbonyl (C=O) groups excluding carboxylic acids is 4. The summed E-state index contributed by atoms with van der Waals surface area (Å²) in [6.07, 6.45) is 1.38. The number of hydrogen-bond acceptors (Lipinski definition) is 4. The zero-order valence-corrected chi connectivity index (χ0v) is 16.1. The molecule has 1 aromatic rings. The molecular formula is C20H25FN4O4. The van der Waals surface area contributed by atoms with Crippen LogP contribution >= 0.6 is 0 Å². The Morgan fingerprint density at radius 3 is 2.38 bits per heavy atom. The summed E-state index contributed by atoms with van der Waals surface area (Å²) < 4.78 is 13.1. The lowest BCUT2D eigenvalue weighted by Gasteiger charge is -2.30. The van der Waals surface area contributed by atoms with Crippen molar-refractivity contribution in [3.8, 4) is 0 Å². The minimum atomic E-state index is -0.506. The van der Waals surface area contributed by atoms with Crippen LogP contribution in [-0.4, -0.2) is 54.7 Å². The van der Waals surface area contributed by atoms with E-state index in [0.29, 0.717) is 31.6 Å². The molecule has 0 aromatic heterocycles. The first kappa shape index (κ1) is 20.8. The van der Waals surface area contributed by atoms with Crippen molar-refractivity contribution in [2.45, 2.75) is 25.7 Å². The summed E-state index contributed by atoms with van der Waals surface area (Å²) in [6.45, 7) is 1.40. The minimum absolute atomic E-state index is 0.0799. The summed E-state index contributed by atoms with van der Waals surface area (Å²) in [7, 11) is 0. The van der Waals surface area contributed by atoms with Gasteiger partial charge < -0.3 is 20.9 Å². The van der Waals surface area contributed by atoms with E-state index in [-0.39, 0.29) is 55.5 Å². The maximum Gasteiger partial charge on any atom is 0.227 e. The number of anilines is 1. The Hall–Kier alpha value is -2.97. The summed E-state index contributed by atoms with van der Waals surface area (Å²) in [6, 6.07) is 5.56. The van der Waals surface area contributed by atoms with Crippen molar-refractivity contribution in [3.63, 3.8) is 0 Å². The maximum atomic E-state index is 13.1. The van der Waals surface area contributed by atoms with Crippen molar-refractivity contribution in [2.24, 2.45) is 17.6 Å². The van der Waals surface area contributed by atoms with Gasteiger partial charge in [0.2, 0.25) is 23.6 Å². The normalized spacial score (nSPS) is 20.0. The van der Waals surface area contributed by atoms with Crippen LogP contribution in [0.2, 0.25) is 0 Å². The molecule has 2 aliphatic heterocycles. The molecule has 0 aliphatic carbocycles. The maximum absolute atomic E-state index is 13.1. The molecule has 9 heteroatoms. The lowest BCUT2D eigenvalue weighted by molar-refractivity contribution is -0.135. The van der Waals surface area contributed by atoms with Crippen LogP contribution < -0.4 is 16.0 Å². The monoisotopic (exact) mass is 404 g/mol. The van der Waals surface area contributed by atoms with Gasteiger partial charge in [-0.3, -0.25) is 19.2 Å². The van der Waals surface area contributed by atoms with Crippen LogP contribution in [0.15, 0.2) is 24.3 Å². The van der Waals surface area contributed by atoms with Crippen molar-refractivity contribution in [1.82, 2.24) is 10.2 Å². The van der Waals surface area contributed by atoms with Crippen LogP contribution in [-0.2, 0) is 19.2 Å². The van der Waals surface area contributed by atoms with Gasteiger partial charge in [0.15, 0.2) is 0 Å². The average molecular weight is 404 g/mol. The van der Waals surface area contributed by atoms with E-state index >= 15 is 0 Å². The molecule has 3 N–H and O–H groups in total. The molecule has 1 aromatic carbocycles. The van der Waals surface area contributed by atoms with Gasteiger partial charge in [0.05, 0.1) is 5.92 Å². The summed E-state index contributed by atoms with van der Waals surface area (Å²) in [5, 5.41) is 2.72. The Morgan fingerprint density at radius 2 is 1.76 bits per heavy atom. The molecule has 2 aliphatic rings. The van der Waals surface area contributed by atoms with Gasteiger partial charge in [-0.15, -0.1) is 0 Å². The molecule has 1 atom stereocenters. The predicted molar refractivity (Wildman–Crippen MR) is 103 cm³/mol. The summed E-state index contributed by atoms with van der Waals surface area (Å²) >= 11 is 0. The Balaban J connectivity index is 1.42. The molecule has 29 heavy (non-hydrogen) atoms. The smallest absolute Gasteiger partial charge is 0.227 e. The molecule has 0 bridgehead atoms. The van der Waals surface area contributed by atoms with Crippen LogP contribution in [0.5, 0.6) is 0 Å². The number of nitrogens with one attached hydrogen (secondary N) is 1. The summed E-state index contributed by atoms with van der Waals surface area (Å²) in [4.78, 5) is 51.2. The van der Waals surface area contributed by atoms with E-state index in [2.05, 4.69) is 5.32 Å². The third-order valence-corrected chi connectivity index (χ3v) is 5.52. The van der Waals surface area contributed by atoms with E-state index < -0.39 is 11.7 Å². The van der Waals surface area contributed by atoms with Gasteiger partial charge in [-0.25, -0.2) is 4.39 Å². The fourth-order valence-corrected chi connectivity index (χ4v) is 3.76. The van der Waals surface area contributed by atoms with Gasteiger partial charge >= 0.3 is 0 Å². The molecule has 2 fully saturated rings. The van der Waals surface area contributed by atoms with E-state index in [4.69, 9.17) is 5.73 Å². The predicted octanol–water partition coefficient (Wildman–Crippen LogP) is 0.409. The third kappa shape index (κ3) is 5.10. The van der Waals surface area contributed by atoms with Crippen LogP contribution in [0.25, 0.3) is 0 Å². The molecule has 0 unspecified atom stereocenters. The van der Waals surface area contributed by atoms with E-state index in [1.165, 1.54) is 29.2 Å². The zero-order valence-electron chi connectivity index (χ0n) is 16.1. The van der Waals surface area contributed by atoms with Crippen LogP contribution in [0, 0.1) is 17.7 Å².